The largest absolute Gasteiger partial charge is 0.462 e. The van der Waals surface area contributed by atoms with E-state index in [1.54, 1.807) is 0 Å². The molecular formula is C18H32O4. The van der Waals surface area contributed by atoms with Gasteiger partial charge in [-0.3, -0.25) is 4.79 Å². The van der Waals surface area contributed by atoms with Gasteiger partial charge in [0.25, 0.3) is 0 Å². The zero-order valence-electron chi connectivity index (χ0n) is 15.6. The van der Waals surface area contributed by atoms with Gasteiger partial charge in [-0.2, -0.15) is 0 Å². The number of hydrogen-bond donors (Lipinski definition) is 0. The molecule has 0 aliphatic carbocycles. The molecule has 2 unspecified atom stereocenters. The van der Waals surface area contributed by atoms with Crippen molar-refractivity contribution in [2.24, 2.45) is 21.7 Å². The molecule has 4 heteroatoms. The maximum absolute atomic E-state index is 12.9. The van der Waals surface area contributed by atoms with Crippen molar-refractivity contribution in [1.29, 1.82) is 0 Å². The van der Waals surface area contributed by atoms with E-state index < -0.39 is 22.9 Å². The minimum atomic E-state index is -0.818. The number of cyclic esters (lactones) is 1. The van der Waals surface area contributed by atoms with Crippen LogP contribution in [0, 0.1) is 21.7 Å². The highest BCUT2D eigenvalue weighted by Crippen LogP contribution is 2.48. The highest BCUT2D eigenvalue weighted by Gasteiger charge is 2.52. The zero-order chi connectivity index (χ0) is 17.6. The van der Waals surface area contributed by atoms with E-state index in [2.05, 4.69) is 20.8 Å². The third-order valence-corrected chi connectivity index (χ3v) is 4.72. The standard InChI is InChI=1S/C18H32O4/c1-15(2,3)10-18(9,16(4,5)6)14(20)22-12-13(19)21-11-17(12,7)8/h12H,10-11H2,1-9H3. The van der Waals surface area contributed by atoms with Gasteiger partial charge >= 0.3 is 11.9 Å². The Kier molecular flexibility index (Phi) is 4.78. The molecule has 1 fully saturated rings. The summed E-state index contributed by atoms with van der Waals surface area (Å²) in [5.74, 6) is -0.753. The predicted molar refractivity (Wildman–Crippen MR) is 86.3 cm³/mol. The molecule has 0 radical (unpaired) electrons. The van der Waals surface area contributed by atoms with Gasteiger partial charge in [0.05, 0.1) is 5.41 Å². The zero-order valence-corrected chi connectivity index (χ0v) is 15.6. The van der Waals surface area contributed by atoms with E-state index in [0.29, 0.717) is 6.42 Å². The number of carbonyl (C=O) groups is 2. The molecule has 1 aliphatic heterocycles. The van der Waals surface area contributed by atoms with Crippen LogP contribution in [0.25, 0.3) is 0 Å². The molecule has 1 saturated heterocycles. The van der Waals surface area contributed by atoms with Crippen LogP contribution in [0.1, 0.15) is 68.7 Å². The molecule has 0 saturated carbocycles. The number of hydrogen-bond acceptors (Lipinski definition) is 4. The quantitative estimate of drug-likeness (QED) is 0.740. The first-order valence-corrected chi connectivity index (χ1v) is 7.98. The maximum Gasteiger partial charge on any atom is 0.348 e. The van der Waals surface area contributed by atoms with Crippen LogP contribution in [0.3, 0.4) is 0 Å². The van der Waals surface area contributed by atoms with Crippen LogP contribution < -0.4 is 0 Å². The molecule has 128 valence electrons. The molecule has 0 spiro atoms. The van der Waals surface area contributed by atoms with Crippen molar-refractivity contribution in [1.82, 2.24) is 0 Å². The molecule has 1 aliphatic rings. The Balaban J connectivity index is 3.07. The maximum atomic E-state index is 12.9. The normalized spacial score (nSPS) is 24.6. The fourth-order valence-corrected chi connectivity index (χ4v) is 2.88. The minimum absolute atomic E-state index is 0.0211. The molecule has 1 heterocycles. The second-order valence-electron chi connectivity index (χ2n) is 9.70. The fraction of sp³-hybridized carbons (Fsp3) is 0.889. The van der Waals surface area contributed by atoms with Crippen molar-refractivity contribution in [2.75, 3.05) is 6.61 Å². The van der Waals surface area contributed by atoms with Crippen LogP contribution in [0.4, 0.5) is 0 Å². The van der Waals surface area contributed by atoms with E-state index in [4.69, 9.17) is 9.47 Å². The highest BCUT2D eigenvalue weighted by atomic mass is 16.6. The molecular weight excluding hydrogens is 280 g/mol. The van der Waals surface area contributed by atoms with Crippen molar-refractivity contribution >= 4 is 11.9 Å². The summed E-state index contributed by atoms with van der Waals surface area (Å²) in [5, 5.41) is 0. The van der Waals surface area contributed by atoms with Crippen LogP contribution in [-0.2, 0) is 19.1 Å². The topological polar surface area (TPSA) is 52.6 Å². The molecule has 0 aromatic rings. The van der Waals surface area contributed by atoms with Crippen molar-refractivity contribution < 1.29 is 19.1 Å². The summed E-state index contributed by atoms with van der Waals surface area (Å²) in [6, 6.07) is 0. The average Bonchev–Trinajstić information content (AvgIpc) is 2.52. The van der Waals surface area contributed by atoms with Gasteiger partial charge in [0.15, 0.2) is 0 Å². The summed E-state index contributed by atoms with van der Waals surface area (Å²) in [4.78, 5) is 24.8. The third-order valence-electron chi connectivity index (χ3n) is 4.72. The molecule has 4 nitrogen and oxygen atoms in total. The molecule has 0 N–H and O–H groups in total. The average molecular weight is 312 g/mol. The lowest BCUT2D eigenvalue weighted by molar-refractivity contribution is -0.178. The molecule has 1 rings (SSSR count). The minimum Gasteiger partial charge on any atom is -0.462 e. The summed E-state index contributed by atoms with van der Waals surface area (Å²) in [6.07, 6.45) is -0.133. The lowest BCUT2D eigenvalue weighted by Gasteiger charge is -2.44. The molecule has 22 heavy (non-hydrogen) atoms. The van der Waals surface area contributed by atoms with Gasteiger partial charge < -0.3 is 9.47 Å². The predicted octanol–water partition coefficient (Wildman–Crippen LogP) is 3.97. The number of esters is 2. The number of carbonyl (C=O) groups excluding carboxylic acids is 2. The van der Waals surface area contributed by atoms with Gasteiger partial charge in [-0.25, -0.2) is 4.79 Å². The van der Waals surface area contributed by atoms with Crippen molar-refractivity contribution in [2.45, 2.75) is 74.8 Å². The Bertz CT molecular complexity index is 451. The summed E-state index contributed by atoms with van der Waals surface area (Å²) in [6.45, 7) is 18.4. The fourth-order valence-electron chi connectivity index (χ4n) is 2.88. The molecule has 0 aromatic carbocycles. The first kappa shape index (κ1) is 19.0. The van der Waals surface area contributed by atoms with E-state index in [1.165, 1.54) is 0 Å². The highest BCUT2D eigenvalue weighted by molar-refractivity contribution is 5.84. The summed E-state index contributed by atoms with van der Waals surface area (Å²) in [7, 11) is 0. The molecule has 0 aromatic heterocycles. The number of ether oxygens (including phenoxy) is 2. The first-order chi connectivity index (χ1) is 9.60. The Morgan fingerprint density at radius 2 is 1.68 bits per heavy atom. The second kappa shape index (κ2) is 5.54. The lowest BCUT2D eigenvalue weighted by Crippen LogP contribution is -2.47. The molecule has 0 bridgehead atoms. The van der Waals surface area contributed by atoms with Gasteiger partial charge in [-0.1, -0.05) is 55.4 Å². The van der Waals surface area contributed by atoms with Crippen LogP contribution in [0.2, 0.25) is 0 Å². The van der Waals surface area contributed by atoms with E-state index in [0.717, 1.165) is 0 Å². The van der Waals surface area contributed by atoms with Crippen molar-refractivity contribution in [3.8, 4) is 0 Å². The summed E-state index contributed by atoms with van der Waals surface area (Å²) in [5.41, 5.74) is -1.45. The Morgan fingerprint density at radius 3 is 2.00 bits per heavy atom. The number of rotatable bonds is 3. The second-order valence-corrected chi connectivity index (χ2v) is 9.70. The van der Waals surface area contributed by atoms with Crippen LogP contribution in [-0.4, -0.2) is 24.6 Å². The Morgan fingerprint density at radius 1 is 1.18 bits per heavy atom. The van der Waals surface area contributed by atoms with Crippen LogP contribution in [0.5, 0.6) is 0 Å². The van der Waals surface area contributed by atoms with Crippen molar-refractivity contribution in [3.63, 3.8) is 0 Å². The SMILES string of the molecule is CC(C)(C)CC(C)(C(=O)OC1C(=O)OCC1(C)C)C(C)(C)C. The first-order valence-electron chi connectivity index (χ1n) is 7.98. The monoisotopic (exact) mass is 312 g/mol. The van der Waals surface area contributed by atoms with Crippen molar-refractivity contribution in [3.05, 3.63) is 0 Å². The Hall–Kier alpha value is -1.06. The van der Waals surface area contributed by atoms with E-state index >= 15 is 0 Å². The lowest BCUT2D eigenvalue weighted by atomic mass is 9.61. The summed E-state index contributed by atoms with van der Waals surface area (Å²) >= 11 is 0. The van der Waals surface area contributed by atoms with Gasteiger partial charge in [-0.15, -0.1) is 0 Å². The van der Waals surface area contributed by atoms with Gasteiger partial charge in [0.1, 0.15) is 6.61 Å². The van der Waals surface area contributed by atoms with E-state index in [9.17, 15) is 9.59 Å². The van der Waals surface area contributed by atoms with Gasteiger partial charge in [0.2, 0.25) is 6.10 Å². The molecule has 2 atom stereocenters. The van der Waals surface area contributed by atoms with Crippen LogP contribution in [0.15, 0.2) is 0 Å². The van der Waals surface area contributed by atoms with Gasteiger partial charge in [-0.05, 0) is 24.2 Å². The Labute approximate surface area is 134 Å². The van der Waals surface area contributed by atoms with Crippen LogP contribution >= 0.6 is 0 Å². The smallest absolute Gasteiger partial charge is 0.348 e. The van der Waals surface area contributed by atoms with E-state index in [-0.39, 0.29) is 23.4 Å². The van der Waals surface area contributed by atoms with E-state index in [1.807, 2.05) is 41.5 Å². The third kappa shape index (κ3) is 3.82. The molecule has 0 amide bonds. The van der Waals surface area contributed by atoms with Gasteiger partial charge in [0, 0.05) is 5.41 Å². The summed E-state index contributed by atoms with van der Waals surface area (Å²) < 4.78 is 10.7.